The van der Waals surface area contributed by atoms with Gasteiger partial charge < -0.3 is 4.42 Å². The lowest BCUT2D eigenvalue weighted by molar-refractivity contribution is 0.100. The van der Waals surface area contributed by atoms with Gasteiger partial charge in [0.1, 0.15) is 5.52 Å². The fourth-order valence-electron chi connectivity index (χ4n) is 1.91. The van der Waals surface area contributed by atoms with Gasteiger partial charge in [-0.25, -0.2) is 4.98 Å². The second-order valence-electron chi connectivity index (χ2n) is 4.13. The summed E-state index contributed by atoms with van der Waals surface area (Å²) in [4.78, 5) is 16.5. The van der Waals surface area contributed by atoms with Crippen LogP contribution in [0.2, 0.25) is 0 Å². The van der Waals surface area contributed by atoms with Crippen molar-refractivity contribution in [3.05, 3.63) is 65.5 Å². The maximum atomic E-state index is 12.3. The number of rotatable bonds is 2. The van der Waals surface area contributed by atoms with Crippen molar-refractivity contribution in [2.24, 2.45) is 0 Å². The molecule has 0 saturated heterocycles. The minimum Gasteiger partial charge on any atom is -0.433 e. The lowest BCUT2D eigenvalue weighted by Crippen LogP contribution is -2.03. The molecule has 0 N–H and O–H groups in total. The molecular weight excluding hydrogens is 226 g/mol. The van der Waals surface area contributed by atoms with Crippen LogP contribution in [0.3, 0.4) is 0 Å². The van der Waals surface area contributed by atoms with Crippen LogP contribution in [-0.2, 0) is 0 Å². The fourth-order valence-corrected chi connectivity index (χ4v) is 1.91. The molecule has 0 aliphatic carbocycles. The number of fused-ring (bicyclic) bond motifs is 1. The topological polar surface area (TPSA) is 43.1 Å². The Kier molecular flexibility index (Phi) is 2.45. The van der Waals surface area contributed by atoms with E-state index in [0.717, 1.165) is 5.56 Å². The van der Waals surface area contributed by atoms with E-state index in [2.05, 4.69) is 4.98 Å². The van der Waals surface area contributed by atoms with Crippen molar-refractivity contribution in [1.29, 1.82) is 0 Å². The minimum atomic E-state index is -0.177. The molecular formula is C15H11NO2. The molecule has 1 aromatic heterocycles. The van der Waals surface area contributed by atoms with Crippen molar-refractivity contribution in [2.75, 3.05) is 0 Å². The average Bonchev–Trinajstić information content (AvgIpc) is 2.82. The second kappa shape index (κ2) is 4.11. The molecule has 0 spiro atoms. The van der Waals surface area contributed by atoms with Crippen LogP contribution in [0.4, 0.5) is 0 Å². The molecule has 3 nitrogen and oxygen atoms in total. The first-order valence-corrected chi connectivity index (χ1v) is 5.71. The van der Waals surface area contributed by atoms with E-state index in [1.54, 1.807) is 12.1 Å². The van der Waals surface area contributed by atoms with Gasteiger partial charge in [0.2, 0.25) is 5.78 Å². The smallest absolute Gasteiger partial charge is 0.269 e. The summed E-state index contributed by atoms with van der Waals surface area (Å²) in [5, 5.41) is 0. The number of aromatic nitrogens is 1. The molecule has 1 heterocycles. The number of carbonyl (C=O) groups excluding carboxylic acids is 1. The average molecular weight is 237 g/mol. The van der Waals surface area contributed by atoms with Gasteiger partial charge in [0.05, 0.1) is 0 Å². The Labute approximate surface area is 104 Å². The largest absolute Gasteiger partial charge is 0.433 e. The Morgan fingerprint density at radius 1 is 1.06 bits per heavy atom. The van der Waals surface area contributed by atoms with Crippen LogP contribution in [0.1, 0.15) is 21.8 Å². The Bertz CT molecular complexity index is 695. The van der Waals surface area contributed by atoms with Crippen molar-refractivity contribution in [2.45, 2.75) is 6.92 Å². The van der Waals surface area contributed by atoms with Crippen molar-refractivity contribution in [3.8, 4) is 0 Å². The van der Waals surface area contributed by atoms with E-state index >= 15 is 0 Å². The van der Waals surface area contributed by atoms with Crippen LogP contribution in [-0.4, -0.2) is 10.8 Å². The van der Waals surface area contributed by atoms with Gasteiger partial charge in [0.25, 0.3) is 5.89 Å². The van der Waals surface area contributed by atoms with Gasteiger partial charge in [0.15, 0.2) is 5.58 Å². The quantitative estimate of drug-likeness (QED) is 0.642. The van der Waals surface area contributed by atoms with Gasteiger partial charge in [-0.05, 0) is 24.6 Å². The van der Waals surface area contributed by atoms with Crippen molar-refractivity contribution in [1.82, 2.24) is 4.98 Å². The molecule has 3 aromatic rings. The molecule has 0 amide bonds. The van der Waals surface area contributed by atoms with Crippen LogP contribution in [0.5, 0.6) is 0 Å². The zero-order valence-electron chi connectivity index (χ0n) is 9.88. The number of hydrogen-bond acceptors (Lipinski definition) is 3. The van der Waals surface area contributed by atoms with E-state index < -0.39 is 0 Å². The van der Waals surface area contributed by atoms with Crippen LogP contribution in [0.25, 0.3) is 11.1 Å². The molecule has 0 fully saturated rings. The molecule has 18 heavy (non-hydrogen) atoms. The summed E-state index contributed by atoms with van der Waals surface area (Å²) in [5.41, 5.74) is 2.89. The van der Waals surface area contributed by atoms with E-state index in [4.69, 9.17) is 4.42 Å². The molecule has 0 aliphatic rings. The van der Waals surface area contributed by atoms with Gasteiger partial charge >= 0.3 is 0 Å². The third kappa shape index (κ3) is 1.70. The highest BCUT2D eigenvalue weighted by Crippen LogP contribution is 2.18. The van der Waals surface area contributed by atoms with E-state index in [9.17, 15) is 4.79 Å². The predicted octanol–water partition coefficient (Wildman–Crippen LogP) is 3.37. The molecule has 0 atom stereocenters. The monoisotopic (exact) mass is 237 g/mol. The third-order valence-corrected chi connectivity index (χ3v) is 2.88. The number of benzene rings is 2. The third-order valence-electron chi connectivity index (χ3n) is 2.88. The lowest BCUT2D eigenvalue weighted by Gasteiger charge is -2.00. The molecule has 0 saturated carbocycles. The maximum Gasteiger partial charge on any atom is 0.269 e. The van der Waals surface area contributed by atoms with Gasteiger partial charge in [-0.15, -0.1) is 0 Å². The second-order valence-corrected chi connectivity index (χ2v) is 4.13. The van der Waals surface area contributed by atoms with Crippen molar-refractivity contribution in [3.63, 3.8) is 0 Å². The number of oxazole rings is 1. The van der Waals surface area contributed by atoms with Crippen LogP contribution in [0, 0.1) is 6.92 Å². The summed E-state index contributed by atoms with van der Waals surface area (Å²) >= 11 is 0. The Morgan fingerprint density at radius 3 is 2.56 bits per heavy atom. The van der Waals surface area contributed by atoms with Gasteiger partial charge in [0, 0.05) is 5.56 Å². The highest BCUT2D eigenvalue weighted by atomic mass is 16.4. The van der Waals surface area contributed by atoms with E-state index in [1.807, 2.05) is 43.3 Å². The zero-order chi connectivity index (χ0) is 12.5. The fraction of sp³-hybridized carbons (Fsp3) is 0.0667. The molecule has 0 unspecified atom stereocenters. The van der Waals surface area contributed by atoms with Crippen LogP contribution < -0.4 is 0 Å². The summed E-state index contributed by atoms with van der Waals surface area (Å²) in [5.74, 6) is -0.0326. The maximum absolute atomic E-state index is 12.3. The lowest BCUT2D eigenvalue weighted by atomic mass is 10.1. The first-order chi connectivity index (χ1) is 8.75. The molecule has 0 radical (unpaired) electrons. The minimum absolute atomic E-state index is 0.144. The normalized spacial score (nSPS) is 10.7. The summed E-state index contributed by atoms with van der Waals surface area (Å²) in [7, 11) is 0. The highest BCUT2D eigenvalue weighted by Gasteiger charge is 2.17. The van der Waals surface area contributed by atoms with E-state index in [-0.39, 0.29) is 11.7 Å². The Balaban J connectivity index is 2.10. The molecule has 3 heteroatoms. The van der Waals surface area contributed by atoms with Gasteiger partial charge in [-0.2, -0.15) is 0 Å². The zero-order valence-corrected chi connectivity index (χ0v) is 9.88. The van der Waals surface area contributed by atoms with Crippen LogP contribution in [0.15, 0.2) is 52.9 Å². The molecule has 3 rings (SSSR count). The molecule has 0 bridgehead atoms. The number of nitrogens with zero attached hydrogens (tertiary/aromatic N) is 1. The Hall–Kier alpha value is -2.42. The van der Waals surface area contributed by atoms with E-state index in [0.29, 0.717) is 16.7 Å². The van der Waals surface area contributed by atoms with Gasteiger partial charge in [-0.1, -0.05) is 36.4 Å². The standard InChI is InChI=1S/C15H11NO2/c1-10-6-2-3-7-11(10)14(17)15-16-12-8-4-5-9-13(12)18-15/h2-9H,1H3. The highest BCUT2D eigenvalue weighted by molar-refractivity contribution is 6.07. The van der Waals surface area contributed by atoms with Crippen molar-refractivity contribution >= 4 is 16.9 Å². The number of hydrogen-bond donors (Lipinski definition) is 0. The van der Waals surface area contributed by atoms with Crippen molar-refractivity contribution < 1.29 is 9.21 Å². The summed E-state index contributed by atoms with van der Waals surface area (Å²) in [6.45, 7) is 1.90. The Morgan fingerprint density at radius 2 is 1.78 bits per heavy atom. The molecule has 2 aromatic carbocycles. The van der Waals surface area contributed by atoms with Crippen LogP contribution >= 0.6 is 0 Å². The first-order valence-electron chi connectivity index (χ1n) is 5.71. The predicted molar refractivity (Wildman–Crippen MR) is 68.6 cm³/mol. The summed E-state index contributed by atoms with van der Waals surface area (Å²) in [6.07, 6.45) is 0. The SMILES string of the molecule is Cc1ccccc1C(=O)c1nc2ccccc2o1. The number of carbonyl (C=O) groups is 1. The number of ketones is 1. The summed E-state index contributed by atoms with van der Waals surface area (Å²) < 4.78 is 5.48. The van der Waals surface area contributed by atoms with E-state index in [1.165, 1.54) is 0 Å². The first kappa shape index (κ1) is 10.7. The summed E-state index contributed by atoms with van der Waals surface area (Å²) in [6, 6.07) is 14.8. The number of para-hydroxylation sites is 2. The van der Waals surface area contributed by atoms with Gasteiger partial charge in [-0.3, -0.25) is 4.79 Å². The number of aryl methyl sites for hydroxylation is 1. The molecule has 0 aliphatic heterocycles. The molecule has 88 valence electrons.